The van der Waals surface area contributed by atoms with Crippen molar-refractivity contribution in [3.63, 3.8) is 0 Å². The molecule has 5 nitrogen and oxygen atoms in total. The van der Waals surface area contributed by atoms with E-state index in [0.29, 0.717) is 18.1 Å². The van der Waals surface area contributed by atoms with Gasteiger partial charge in [0.1, 0.15) is 11.0 Å². The van der Waals surface area contributed by atoms with Crippen molar-refractivity contribution in [1.29, 1.82) is 0 Å². The Morgan fingerprint density at radius 3 is 3.00 bits per heavy atom. The molecule has 0 amide bonds. The first-order chi connectivity index (χ1) is 8.29. The predicted molar refractivity (Wildman–Crippen MR) is 73.3 cm³/mol. The van der Waals surface area contributed by atoms with Crippen LogP contribution < -0.4 is 10.6 Å². The van der Waals surface area contributed by atoms with E-state index >= 15 is 0 Å². The zero-order valence-electron chi connectivity index (χ0n) is 9.01. The van der Waals surface area contributed by atoms with Crippen LogP contribution in [-0.4, -0.2) is 32.1 Å². The number of hydrogen-bond acceptors (Lipinski definition) is 5. The second kappa shape index (κ2) is 5.85. The summed E-state index contributed by atoms with van der Waals surface area (Å²) >= 11 is 6.31. The van der Waals surface area contributed by atoms with Gasteiger partial charge in [-0.2, -0.15) is 8.75 Å². The molecule has 0 spiro atoms. The molecule has 0 aliphatic heterocycles. The SMILES string of the molecule is OCCCNC(=S)Nc1ccc2nsnc2c1. The van der Waals surface area contributed by atoms with Crippen molar-refractivity contribution < 1.29 is 5.11 Å². The standard InChI is InChI=1S/C10H12N4OS2/c15-5-1-4-11-10(16)12-7-2-3-8-9(6-7)14-17-13-8/h2-3,6,15H,1,4-5H2,(H2,11,12,16). The van der Waals surface area contributed by atoms with Crippen molar-refractivity contribution in [2.45, 2.75) is 6.42 Å². The number of nitrogens with one attached hydrogen (secondary N) is 2. The number of anilines is 1. The summed E-state index contributed by atoms with van der Waals surface area (Å²) in [4.78, 5) is 0. The molecule has 0 saturated heterocycles. The minimum atomic E-state index is 0.159. The lowest BCUT2D eigenvalue weighted by Gasteiger charge is -2.09. The smallest absolute Gasteiger partial charge is 0.170 e. The van der Waals surface area contributed by atoms with Gasteiger partial charge in [0.25, 0.3) is 0 Å². The number of thiocarbonyl (C=S) groups is 1. The lowest BCUT2D eigenvalue weighted by Crippen LogP contribution is -2.29. The normalized spacial score (nSPS) is 10.4. The molecule has 0 bridgehead atoms. The maximum Gasteiger partial charge on any atom is 0.170 e. The van der Waals surface area contributed by atoms with Crippen molar-refractivity contribution in [2.24, 2.45) is 0 Å². The number of hydrogen-bond donors (Lipinski definition) is 3. The second-order valence-electron chi connectivity index (χ2n) is 3.43. The van der Waals surface area contributed by atoms with Crippen LogP contribution in [0, 0.1) is 0 Å². The second-order valence-corrected chi connectivity index (χ2v) is 4.36. The summed E-state index contributed by atoms with van der Waals surface area (Å²) in [5.74, 6) is 0. The summed E-state index contributed by atoms with van der Waals surface area (Å²) in [6.07, 6.45) is 0.677. The fourth-order valence-electron chi connectivity index (χ4n) is 1.32. The van der Waals surface area contributed by atoms with Gasteiger partial charge >= 0.3 is 0 Å². The third-order valence-corrected chi connectivity index (χ3v) is 2.94. The Hall–Kier alpha value is -1.31. The van der Waals surface area contributed by atoms with Crippen molar-refractivity contribution in [3.05, 3.63) is 18.2 Å². The molecule has 0 atom stereocenters. The third kappa shape index (κ3) is 3.32. The molecule has 0 aliphatic rings. The van der Waals surface area contributed by atoms with E-state index in [0.717, 1.165) is 16.7 Å². The molecule has 1 aromatic heterocycles. The summed E-state index contributed by atoms with van der Waals surface area (Å²) in [7, 11) is 0. The number of aliphatic hydroxyl groups excluding tert-OH is 1. The lowest BCUT2D eigenvalue weighted by atomic mass is 10.3. The van der Waals surface area contributed by atoms with Gasteiger partial charge in [0.05, 0.1) is 11.7 Å². The maximum absolute atomic E-state index is 8.65. The molecule has 0 saturated carbocycles. The summed E-state index contributed by atoms with van der Waals surface area (Å²) in [6, 6.07) is 5.71. The van der Waals surface area contributed by atoms with Gasteiger partial charge in [0.15, 0.2) is 5.11 Å². The van der Waals surface area contributed by atoms with Crippen LogP contribution in [0.5, 0.6) is 0 Å². The Morgan fingerprint density at radius 2 is 2.18 bits per heavy atom. The highest BCUT2D eigenvalue weighted by molar-refractivity contribution is 7.80. The van der Waals surface area contributed by atoms with Crippen LogP contribution in [0.1, 0.15) is 6.42 Å². The topological polar surface area (TPSA) is 70.1 Å². The van der Waals surface area contributed by atoms with Crippen LogP contribution >= 0.6 is 23.9 Å². The van der Waals surface area contributed by atoms with Crippen molar-refractivity contribution in [3.8, 4) is 0 Å². The average molecular weight is 268 g/mol. The molecule has 0 fully saturated rings. The van der Waals surface area contributed by atoms with Crippen LogP contribution in [-0.2, 0) is 0 Å². The zero-order valence-corrected chi connectivity index (χ0v) is 10.6. The van der Waals surface area contributed by atoms with E-state index < -0.39 is 0 Å². The Balaban J connectivity index is 1.95. The van der Waals surface area contributed by atoms with Crippen LogP contribution in [0.15, 0.2) is 18.2 Å². The first-order valence-electron chi connectivity index (χ1n) is 5.17. The van der Waals surface area contributed by atoms with E-state index in [2.05, 4.69) is 19.4 Å². The van der Waals surface area contributed by atoms with Crippen LogP contribution in [0.2, 0.25) is 0 Å². The molecular formula is C10H12N4OS2. The molecule has 90 valence electrons. The zero-order chi connectivity index (χ0) is 12.1. The Labute approximate surface area is 108 Å². The fraction of sp³-hybridized carbons (Fsp3) is 0.300. The van der Waals surface area contributed by atoms with Crippen molar-refractivity contribution >= 4 is 45.8 Å². The lowest BCUT2D eigenvalue weighted by molar-refractivity contribution is 0.289. The summed E-state index contributed by atoms with van der Waals surface area (Å²) < 4.78 is 8.28. The number of aliphatic hydroxyl groups is 1. The first-order valence-corrected chi connectivity index (χ1v) is 6.31. The summed E-state index contributed by atoms with van der Waals surface area (Å²) in [6.45, 7) is 0.814. The number of benzene rings is 1. The predicted octanol–water partition coefficient (Wildman–Crippen LogP) is 1.36. The van der Waals surface area contributed by atoms with E-state index in [1.807, 2.05) is 18.2 Å². The van der Waals surface area contributed by atoms with E-state index in [1.165, 1.54) is 11.7 Å². The van der Waals surface area contributed by atoms with Gasteiger partial charge in [-0.3, -0.25) is 0 Å². The molecule has 0 aliphatic carbocycles. The Morgan fingerprint density at radius 1 is 1.35 bits per heavy atom. The maximum atomic E-state index is 8.65. The number of nitrogens with zero attached hydrogens (tertiary/aromatic N) is 2. The van der Waals surface area contributed by atoms with Gasteiger partial charge < -0.3 is 15.7 Å². The van der Waals surface area contributed by atoms with Gasteiger partial charge in [-0.05, 0) is 36.8 Å². The minimum absolute atomic E-state index is 0.159. The molecule has 2 rings (SSSR count). The molecular weight excluding hydrogens is 256 g/mol. The minimum Gasteiger partial charge on any atom is -0.396 e. The number of aromatic nitrogens is 2. The fourth-order valence-corrected chi connectivity index (χ4v) is 2.05. The Bertz CT molecular complexity index is 514. The van der Waals surface area contributed by atoms with Crippen LogP contribution in [0.25, 0.3) is 11.0 Å². The molecule has 7 heteroatoms. The first kappa shape index (κ1) is 12.2. The molecule has 1 heterocycles. The van der Waals surface area contributed by atoms with Gasteiger partial charge in [-0.25, -0.2) is 0 Å². The Kier molecular flexibility index (Phi) is 4.18. The highest BCUT2D eigenvalue weighted by atomic mass is 32.1. The van der Waals surface area contributed by atoms with Crippen molar-refractivity contribution in [2.75, 3.05) is 18.5 Å². The molecule has 1 aromatic carbocycles. The van der Waals surface area contributed by atoms with E-state index in [9.17, 15) is 0 Å². The number of fused-ring (bicyclic) bond motifs is 1. The summed E-state index contributed by atoms with van der Waals surface area (Å²) in [5, 5.41) is 15.2. The molecule has 0 radical (unpaired) electrons. The third-order valence-electron chi connectivity index (χ3n) is 2.13. The van der Waals surface area contributed by atoms with E-state index in [1.54, 1.807) is 0 Å². The largest absolute Gasteiger partial charge is 0.396 e. The van der Waals surface area contributed by atoms with Gasteiger partial charge in [-0.1, -0.05) is 0 Å². The van der Waals surface area contributed by atoms with Gasteiger partial charge in [0.2, 0.25) is 0 Å². The van der Waals surface area contributed by atoms with Crippen LogP contribution in [0.4, 0.5) is 5.69 Å². The average Bonchev–Trinajstić information content (AvgIpc) is 2.76. The summed E-state index contributed by atoms with van der Waals surface area (Å²) in [5.41, 5.74) is 2.63. The van der Waals surface area contributed by atoms with Crippen molar-refractivity contribution in [1.82, 2.24) is 14.1 Å². The van der Waals surface area contributed by atoms with Gasteiger partial charge in [0, 0.05) is 18.8 Å². The van der Waals surface area contributed by atoms with E-state index in [-0.39, 0.29) is 6.61 Å². The molecule has 17 heavy (non-hydrogen) atoms. The molecule has 3 N–H and O–H groups in total. The molecule has 2 aromatic rings. The quantitative estimate of drug-likeness (QED) is 0.574. The highest BCUT2D eigenvalue weighted by Gasteiger charge is 2.01. The van der Waals surface area contributed by atoms with E-state index in [4.69, 9.17) is 17.3 Å². The van der Waals surface area contributed by atoms with Crippen LogP contribution in [0.3, 0.4) is 0 Å². The highest BCUT2D eigenvalue weighted by Crippen LogP contribution is 2.16. The monoisotopic (exact) mass is 268 g/mol. The molecule has 0 unspecified atom stereocenters. The van der Waals surface area contributed by atoms with Gasteiger partial charge in [-0.15, -0.1) is 0 Å². The number of rotatable bonds is 4.